The fourth-order valence-corrected chi connectivity index (χ4v) is 1.55. The van der Waals surface area contributed by atoms with Crippen LogP contribution in [0.1, 0.15) is 18.4 Å². The number of aryl methyl sites for hydroxylation is 1. The molecule has 0 radical (unpaired) electrons. The lowest BCUT2D eigenvalue weighted by Gasteiger charge is -2.13. The van der Waals surface area contributed by atoms with E-state index in [1.807, 2.05) is 19.1 Å². The molecule has 0 fully saturated rings. The zero-order chi connectivity index (χ0) is 15.0. The third kappa shape index (κ3) is 5.71. The van der Waals surface area contributed by atoms with Crippen molar-refractivity contribution in [2.75, 3.05) is 13.2 Å². The molecule has 0 unspecified atom stereocenters. The van der Waals surface area contributed by atoms with Crippen LogP contribution >= 0.6 is 0 Å². The highest BCUT2D eigenvalue weighted by Crippen LogP contribution is 2.11. The largest absolute Gasteiger partial charge is 0.493 e. The Hall–Kier alpha value is -2.08. The van der Waals surface area contributed by atoms with Gasteiger partial charge in [0.25, 0.3) is 0 Å². The van der Waals surface area contributed by atoms with E-state index >= 15 is 0 Å². The van der Waals surface area contributed by atoms with Crippen molar-refractivity contribution in [3.63, 3.8) is 0 Å². The lowest BCUT2D eigenvalue weighted by molar-refractivity contribution is -0.142. The zero-order valence-electron chi connectivity index (χ0n) is 11.3. The molecule has 3 N–H and O–H groups in total. The first-order valence-electron chi connectivity index (χ1n) is 6.35. The Labute approximate surface area is 117 Å². The number of carbonyl (C=O) groups excluding carboxylic acids is 1. The first kappa shape index (κ1) is 16.0. The molecule has 1 rings (SSSR count). The Balaban J connectivity index is 2.32. The third-order valence-corrected chi connectivity index (χ3v) is 2.67. The molecule has 1 aromatic carbocycles. The summed E-state index contributed by atoms with van der Waals surface area (Å²) in [6.45, 7) is 1.84. The van der Waals surface area contributed by atoms with Crippen LogP contribution in [-0.4, -0.2) is 41.3 Å². The standard InChI is InChI=1S/C14H19NO5/c1-10-2-4-11(5-3-10)20-9-7-13(17)15-12(6-8-16)14(18)19/h2-5,12,16H,6-9H2,1H3,(H,15,17)(H,18,19)/t12-/m1/s1. The predicted octanol–water partition coefficient (Wildman–Crippen LogP) is 0.716. The minimum Gasteiger partial charge on any atom is -0.493 e. The number of carboxylic acid groups (broad SMARTS) is 1. The molecular formula is C14H19NO5. The molecule has 1 atom stereocenters. The third-order valence-electron chi connectivity index (χ3n) is 2.67. The average molecular weight is 281 g/mol. The molecule has 0 aliphatic carbocycles. The molecule has 0 saturated heterocycles. The minimum absolute atomic E-state index is 0.0140. The second-order valence-electron chi connectivity index (χ2n) is 4.38. The first-order chi connectivity index (χ1) is 9.52. The van der Waals surface area contributed by atoms with E-state index < -0.39 is 17.9 Å². The Kier molecular flexibility index (Phi) is 6.52. The molecule has 0 aliphatic heterocycles. The number of amides is 1. The van der Waals surface area contributed by atoms with E-state index in [0.717, 1.165) is 5.56 Å². The molecule has 6 heteroatoms. The van der Waals surface area contributed by atoms with Gasteiger partial charge in [0.15, 0.2) is 0 Å². The highest BCUT2D eigenvalue weighted by molar-refractivity contribution is 5.83. The second kappa shape index (κ2) is 8.16. The number of benzene rings is 1. The van der Waals surface area contributed by atoms with Gasteiger partial charge in [-0.2, -0.15) is 0 Å². The number of carboxylic acids is 1. The number of aliphatic carboxylic acids is 1. The van der Waals surface area contributed by atoms with Crippen molar-refractivity contribution >= 4 is 11.9 Å². The summed E-state index contributed by atoms with van der Waals surface area (Å²) < 4.78 is 5.38. The van der Waals surface area contributed by atoms with E-state index in [9.17, 15) is 9.59 Å². The minimum atomic E-state index is -1.16. The summed E-state index contributed by atoms with van der Waals surface area (Å²) in [5.74, 6) is -0.918. The lowest BCUT2D eigenvalue weighted by Crippen LogP contribution is -2.41. The van der Waals surface area contributed by atoms with Crippen molar-refractivity contribution in [2.45, 2.75) is 25.8 Å². The van der Waals surface area contributed by atoms with E-state index in [2.05, 4.69) is 5.32 Å². The summed E-state index contributed by atoms with van der Waals surface area (Å²) >= 11 is 0. The number of hydrogen-bond acceptors (Lipinski definition) is 4. The fourth-order valence-electron chi connectivity index (χ4n) is 1.55. The molecule has 20 heavy (non-hydrogen) atoms. The fraction of sp³-hybridized carbons (Fsp3) is 0.429. The molecule has 1 aromatic rings. The number of aliphatic hydroxyl groups is 1. The summed E-state index contributed by atoms with van der Waals surface area (Å²) in [6, 6.07) is 6.35. The van der Waals surface area contributed by atoms with Crippen LogP contribution in [0.15, 0.2) is 24.3 Å². The molecule has 1 amide bonds. The van der Waals surface area contributed by atoms with Crippen molar-refractivity contribution in [3.8, 4) is 5.75 Å². The van der Waals surface area contributed by atoms with Crippen molar-refractivity contribution < 1.29 is 24.5 Å². The zero-order valence-corrected chi connectivity index (χ0v) is 11.3. The molecule has 0 aromatic heterocycles. The number of ether oxygens (including phenoxy) is 1. The summed E-state index contributed by atoms with van der Waals surface area (Å²) in [5, 5.41) is 19.9. The Morgan fingerprint density at radius 3 is 2.50 bits per heavy atom. The summed E-state index contributed by atoms with van der Waals surface area (Å²) in [7, 11) is 0. The maximum atomic E-state index is 11.5. The van der Waals surface area contributed by atoms with E-state index in [4.69, 9.17) is 14.9 Å². The SMILES string of the molecule is Cc1ccc(OCCC(=O)N[C@H](CCO)C(=O)O)cc1. The predicted molar refractivity (Wildman–Crippen MR) is 72.6 cm³/mol. The van der Waals surface area contributed by atoms with E-state index in [1.165, 1.54) is 0 Å². The Morgan fingerprint density at radius 2 is 1.95 bits per heavy atom. The van der Waals surface area contributed by atoms with Crippen molar-refractivity contribution in [2.24, 2.45) is 0 Å². The van der Waals surface area contributed by atoms with Gasteiger partial charge in [-0.15, -0.1) is 0 Å². The van der Waals surface area contributed by atoms with Crippen LogP contribution in [0.4, 0.5) is 0 Å². The van der Waals surface area contributed by atoms with Gasteiger partial charge in [-0.3, -0.25) is 4.79 Å². The molecule has 0 saturated carbocycles. The number of carbonyl (C=O) groups is 2. The van der Waals surface area contributed by atoms with E-state index in [1.54, 1.807) is 12.1 Å². The normalized spacial score (nSPS) is 11.7. The van der Waals surface area contributed by atoms with Crippen LogP contribution in [0.3, 0.4) is 0 Å². The van der Waals surface area contributed by atoms with Crippen molar-refractivity contribution in [3.05, 3.63) is 29.8 Å². The molecule has 0 heterocycles. The lowest BCUT2D eigenvalue weighted by atomic mass is 10.2. The van der Waals surface area contributed by atoms with Crippen LogP contribution in [0.2, 0.25) is 0 Å². The van der Waals surface area contributed by atoms with Crippen molar-refractivity contribution in [1.29, 1.82) is 0 Å². The summed E-state index contributed by atoms with van der Waals surface area (Å²) in [5.41, 5.74) is 1.11. The summed E-state index contributed by atoms with van der Waals surface area (Å²) in [4.78, 5) is 22.3. The van der Waals surface area contributed by atoms with E-state index in [-0.39, 0.29) is 26.1 Å². The van der Waals surface area contributed by atoms with Crippen LogP contribution < -0.4 is 10.1 Å². The van der Waals surface area contributed by atoms with Crippen LogP contribution in [0.25, 0.3) is 0 Å². The van der Waals surface area contributed by atoms with E-state index in [0.29, 0.717) is 5.75 Å². The van der Waals surface area contributed by atoms with Crippen LogP contribution in [-0.2, 0) is 9.59 Å². The highest BCUT2D eigenvalue weighted by Gasteiger charge is 2.18. The van der Waals surface area contributed by atoms with Gasteiger partial charge >= 0.3 is 5.97 Å². The van der Waals surface area contributed by atoms with Gasteiger partial charge in [-0.05, 0) is 19.1 Å². The van der Waals surface area contributed by atoms with Gasteiger partial charge in [0.05, 0.1) is 13.0 Å². The van der Waals surface area contributed by atoms with Crippen LogP contribution in [0, 0.1) is 6.92 Å². The van der Waals surface area contributed by atoms with Gasteiger partial charge in [0.1, 0.15) is 11.8 Å². The number of nitrogens with one attached hydrogen (secondary N) is 1. The highest BCUT2D eigenvalue weighted by atomic mass is 16.5. The smallest absolute Gasteiger partial charge is 0.326 e. The molecule has 0 bridgehead atoms. The van der Waals surface area contributed by atoms with Gasteiger partial charge in [-0.1, -0.05) is 17.7 Å². The Bertz CT molecular complexity index is 443. The average Bonchev–Trinajstić information content (AvgIpc) is 2.40. The number of hydrogen-bond donors (Lipinski definition) is 3. The van der Waals surface area contributed by atoms with Gasteiger partial charge in [0.2, 0.25) is 5.91 Å². The quantitative estimate of drug-likeness (QED) is 0.652. The monoisotopic (exact) mass is 281 g/mol. The summed E-state index contributed by atoms with van der Waals surface area (Å²) in [6.07, 6.45) is 0.0446. The maximum Gasteiger partial charge on any atom is 0.326 e. The molecular weight excluding hydrogens is 262 g/mol. The molecule has 6 nitrogen and oxygen atoms in total. The topological polar surface area (TPSA) is 95.9 Å². The Morgan fingerprint density at radius 1 is 1.30 bits per heavy atom. The molecule has 0 aliphatic rings. The van der Waals surface area contributed by atoms with Crippen molar-refractivity contribution in [1.82, 2.24) is 5.32 Å². The molecule has 0 spiro atoms. The van der Waals surface area contributed by atoms with Gasteiger partial charge < -0.3 is 20.3 Å². The maximum absolute atomic E-state index is 11.5. The van der Waals surface area contributed by atoms with Gasteiger partial charge in [0, 0.05) is 13.0 Å². The number of aliphatic hydroxyl groups excluding tert-OH is 1. The number of rotatable bonds is 8. The van der Waals surface area contributed by atoms with Crippen LogP contribution in [0.5, 0.6) is 5.75 Å². The van der Waals surface area contributed by atoms with Gasteiger partial charge in [-0.25, -0.2) is 4.79 Å². The second-order valence-corrected chi connectivity index (χ2v) is 4.38. The first-order valence-corrected chi connectivity index (χ1v) is 6.35. The molecule has 110 valence electrons.